The molecule has 2 aliphatic carbocycles. The van der Waals surface area contributed by atoms with Crippen molar-refractivity contribution in [1.29, 1.82) is 0 Å². The molecular weight excluding hydrogens is 362 g/mol. The Morgan fingerprint density at radius 1 is 1.09 bits per heavy atom. The zero-order valence-electron chi connectivity index (χ0n) is 13.5. The fourth-order valence-electron chi connectivity index (χ4n) is 3.85. The number of carboxylic acid groups (broad SMARTS) is 1. The molecule has 3 N–H and O–H groups in total. The molecule has 0 aliphatic heterocycles. The van der Waals surface area contributed by atoms with Gasteiger partial charge in [0.2, 0.25) is 5.91 Å². The van der Waals surface area contributed by atoms with Crippen molar-refractivity contribution in [2.24, 2.45) is 11.8 Å². The third-order valence-corrected chi connectivity index (χ3v) is 6.12. The highest BCUT2D eigenvalue weighted by atomic mass is 79.9. The van der Waals surface area contributed by atoms with E-state index in [-0.39, 0.29) is 24.3 Å². The molecule has 3 unspecified atom stereocenters. The monoisotopic (exact) mass is 389 g/mol. The van der Waals surface area contributed by atoms with Gasteiger partial charge in [0.25, 0.3) is 0 Å². The number of nitrogens with one attached hydrogen (secondary N) is 1. The molecule has 1 amide bonds. The van der Waals surface area contributed by atoms with Crippen LogP contribution in [-0.4, -0.2) is 39.1 Å². The number of carbonyl (C=O) groups is 2. The Kier molecular flexibility index (Phi) is 7.34. The number of aliphatic hydroxyl groups excluding tert-OH is 1. The molecule has 0 aromatic rings. The summed E-state index contributed by atoms with van der Waals surface area (Å²) in [4.78, 5) is 23.2. The Labute approximate surface area is 146 Å². The first-order valence-electron chi connectivity index (χ1n) is 8.80. The van der Waals surface area contributed by atoms with E-state index in [4.69, 9.17) is 5.11 Å². The quantitative estimate of drug-likeness (QED) is 0.609. The lowest BCUT2D eigenvalue weighted by atomic mass is 9.82. The highest BCUT2D eigenvalue weighted by Gasteiger charge is 2.34. The Morgan fingerprint density at radius 3 is 2.39 bits per heavy atom. The molecule has 132 valence electrons. The predicted octanol–water partition coefficient (Wildman–Crippen LogP) is 2.84. The van der Waals surface area contributed by atoms with Gasteiger partial charge < -0.3 is 15.5 Å². The maximum absolute atomic E-state index is 12.4. The Hall–Kier alpha value is -0.620. The summed E-state index contributed by atoms with van der Waals surface area (Å²) < 4.78 is 0. The van der Waals surface area contributed by atoms with E-state index >= 15 is 0 Å². The smallest absolute Gasteiger partial charge is 0.303 e. The van der Waals surface area contributed by atoms with Crippen LogP contribution >= 0.6 is 15.9 Å². The first kappa shape index (κ1) is 18.7. The van der Waals surface area contributed by atoms with Crippen LogP contribution in [0.25, 0.3) is 0 Å². The van der Waals surface area contributed by atoms with E-state index in [1.165, 1.54) is 0 Å². The van der Waals surface area contributed by atoms with Crippen LogP contribution in [0.1, 0.15) is 64.2 Å². The van der Waals surface area contributed by atoms with Crippen molar-refractivity contribution in [3.05, 3.63) is 0 Å². The van der Waals surface area contributed by atoms with Crippen molar-refractivity contribution in [2.45, 2.75) is 81.2 Å². The van der Waals surface area contributed by atoms with Gasteiger partial charge in [-0.05, 0) is 63.7 Å². The van der Waals surface area contributed by atoms with Crippen molar-refractivity contribution in [3.8, 4) is 0 Å². The highest BCUT2D eigenvalue weighted by Crippen LogP contribution is 2.31. The number of hydrogen-bond acceptors (Lipinski definition) is 3. The molecule has 0 heterocycles. The lowest BCUT2D eigenvalue weighted by Gasteiger charge is -2.33. The van der Waals surface area contributed by atoms with Crippen LogP contribution in [0.4, 0.5) is 0 Å². The fourth-order valence-corrected chi connectivity index (χ4v) is 4.50. The van der Waals surface area contributed by atoms with Gasteiger partial charge in [0.05, 0.1) is 12.0 Å². The molecule has 2 saturated carbocycles. The number of carboxylic acids is 1. The topological polar surface area (TPSA) is 86.6 Å². The summed E-state index contributed by atoms with van der Waals surface area (Å²) in [7, 11) is 0. The summed E-state index contributed by atoms with van der Waals surface area (Å²) in [6, 6.07) is 0.215. The summed E-state index contributed by atoms with van der Waals surface area (Å²) >= 11 is 3.51. The average Bonchev–Trinajstić information content (AvgIpc) is 2.48. The van der Waals surface area contributed by atoms with Crippen molar-refractivity contribution in [2.75, 3.05) is 0 Å². The summed E-state index contributed by atoms with van der Waals surface area (Å²) in [5.41, 5.74) is 0. The zero-order chi connectivity index (χ0) is 16.8. The van der Waals surface area contributed by atoms with Crippen molar-refractivity contribution < 1.29 is 19.8 Å². The van der Waals surface area contributed by atoms with Gasteiger partial charge >= 0.3 is 5.97 Å². The third kappa shape index (κ3) is 6.07. The van der Waals surface area contributed by atoms with Gasteiger partial charge in [0.1, 0.15) is 0 Å². The number of aliphatic hydroxyl groups is 1. The molecule has 0 aromatic carbocycles. The zero-order valence-corrected chi connectivity index (χ0v) is 15.1. The van der Waals surface area contributed by atoms with E-state index in [1.807, 2.05) is 0 Å². The number of alkyl halides is 1. The van der Waals surface area contributed by atoms with Gasteiger partial charge in [-0.2, -0.15) is 0 Å². The number of halogens is 1. The van der Waals surface area contributed by atoms with Crippen LogP contribution in [0, 0.1) is 11.8 Å². The molecule has 5 nitrogen and oxygen atoms in total. The molecule has 2 rings (SSSR count). The van der Waals surface area contributed by atoms with Gasteiger partial charge in [0, 0.05) is 17.3 Å². The number of rotatable bonds is 6. The second-order valence-corrected chi connectivity index (χ2v) is 8.39. The molecule has 0 aromatic heterocycles. The minimum atomic E-state index is -0.720. The van der Waals surface area contributed by atoms with Gasteiger partial charge in [0.15, 0.2) is 0 Å². The lowest BCUT2D eigenvalue weighted by Crippen LogP contribution is -2.46. The molecule has 0 saturated heterocycles. The fraction of sp³-hybridized carbons (Fsp3) is 0.882. The number of carbonyl (C=O) groups excluding carboxylic acids is 1. The van der Waals surface area contributed by atoms with Crippen molar-refractivity contribution in [1.82, 2.24) is 5.32 Å². The van der Waals surface area contributed by atoms with Crippen LogP contribution in [0.3, 0.4) is 0 Å². The average molecular weight is 390 g/mol. The van der Waals surface area contributed by atoms with Gasteiger partial charge in [-0.25, -0.2) is 0 Å². The van der Waals surface area contributed by atoms with Crippen LogP contribution in [-0.2, 0) is 9.59 Å². The minimum Gasteiger partial charge on any atom is -0.481 e. The summed E-state index contributed by atoms with van der Waals surface area (Å²) in [5, 5.41) is 21.9. The van der Waals surface area contributed by atoms with E-state index < -0.39 is 12.1 Å². The Bertz CT molecular complexity index is 409. The Balaban J connectivity index is 1.67. The first-order chi connectivity index (χ1) is 11.0. The molecule has 3 atom stereocenters. The number of aliphatic carboxylic acids is 1. The first-order valence-corrected chi connectivity index (χ1v) is 9.71. The molecule has 0 bridgehead atoms. The van der Waals surface area contributed by atoms with E-state index in [2.05, 4.69) is 21.2 Å². The van der Waals surface area contributed by atoms with E-state index in [0.29, 0.717) is 17.2 Å². The van der Waals surface area contributed by atoms with Crippen LogP contribution in [0.5, 0.6) is 0 Å². The molecule has 23 heavy (non-hydrogen) atoms. The van der Waals surface area contributed by atoms with E-state index in [0.717, 1.165) is 51.4 Å². The van der Waals surface area contributed by atoms with E-state index in [9.17, 15) is 14.7 Å². The summed E-state index contributed by atoms with van der Waals surface area (Å²) in [6.45, 7) is 0. The molecular formula is C17H28BrNO4. The van der Waals surface area contributed by atoms with Gasteiger partial charge in [-0.3, -0.25) is 9.59 Å². The highest BCUT2D eigenvalue weighted by molar-refractivity contribution is 9.09. The second-order valence-electron chi connectivity index (χ2n) is 7.10. The summed E-state index contributed by atoms with van der Waals surface area (Å²) in [6.07, 6.45) is 7.81. The van der Waals surface area contributed by atoms with Crippen LogP contribution < -0.4 is 5.32 Å². The van der Waals surface area contributed by atoms with Crippen LogP contribution in [0.15, 0.2) is 0 Å². The summed E-state index contributed by atoms with van der Waals surface area (Å²) in [5.74, 6) is -0.386. The molecule has 0 spiro atoms. The molecule has 2 aliphatic rings. The van der Waals surface area contributed by atoms with Gasteiger partial charge in [-0.15, -0.1) is 0 Å². The maximum Gasteiger partial charge on any atom is 0.303 e. The number of hydrogen-bond donors (Lipinski definition) is 3. The normalized spacial score (nSPS) is 34.8. The molecule has 2 fully saturated rings. The second kappa shape index (κ2) is 9.02. The predicted molar refractivity (Wildman–Crippen MR) is 91.4 cm³/mol. The standard InChI is InChI=1S/C17H28BrNO4/c18-12-6-9-14(15(20)10-12)17(23)19-13-7-4-11(5-8-13)2-1-3-16(21)22/h11-15,20H,1-10H2,(H,19,23)(H,21,22). The van der Waals surface area contributed by atoms with Crippen molar-refractivity contribution >= 4 is 27.8 Å². The number of amides is 1. The van der Waals surface area contributed by atoms with E-state index in [1.54, 1.807) is 0 Å². The van der Waals surface area contributed by atoms with Crippen molar-refractivity contribution in [3.63, 3.8) is 0 Å². The SMILES string of the molecule is O=C(O)CCCC1CCC(NC(=O)C2CCC(Br)CC2O)CC1. The third-order valence-electron chi connectivity index (χ3n) is 5.29. The molecule has 0 radical (unpaired) electrons. The lowest BCUT2D eigenvalue weighted by molar-refractivity contribution is -0.137. The minimum absolute atomic E-state index is 0.00577. The largest absolute Gasteiger partial charge is 0.481 e. The van der Waals surface area contributed by atoms with Gasteiger partial charge in [-0.1, -0.05) is 15.9 Å². The maximum atomic E-state index is 12.4. The van der Waals surface area contributed by atoms with Crippen LogP contribution in [0.2, 0.25) is 0 Å². The molecule has 6 heteroatoms. The Morgan fingerprint density at radius 2 is 1.78 bits per heavy atom.